The van der Waals surface area contributed by atoms with Crippen molar-refractivity contribution in [3.63, 3.8) is 0 Å². The molecule has 1 N–H and O–H groups in total. The molecule has 5 nitrogen and oxygen atoms in total. The van der Waals surface area contributed by atoms with Gasteiger partial charge >= 0.3 is 0 Å². The van der Waals surface area contributed by atoms with E-state index in [1.54, 1.807) is 30.3 Å². The predicted molar refractivity (Wildman–Crippen MR) is 72.0 cm³/mol. The Morgan fingerprint density at radius 3 is 2.50 bits per heavy atom. The lowest BCUT2D eigenvalue weighted by molar-refractivity contribution is -0.313. The van der Waals surface area contributed by atoms with Crippen molar-refractivity contribution in [1.29, 1.82) is 0 Å². The van der Waals surface area contributed by atoms with Crippen LogP contribution in [0.1, 0.15) is 12.8 Å². The van der Waals surface area contributed by atoms with Crippen LogP contribution in [0.2, 0.25) is 0 Å². The maximum absolute atomic E-state index is 12.3. The molecule has 0 saturated heterocycles. The second kappa shape index (κ2) is 6.23. The van der Waals surface area contributed by atoms with Crippen LogP contribution in [0.15, 0.2) is 36.4 Å². The van der Waals surface area contributed by atoms with Gasteiger partial charge in [-0.1, -0.05) is 24.3 Å². The molecule has 0 fully saturated rings. The lowest BCUT2D eigenvalue weighted by atomic mass is 9.82. The first-order valence-corrected chi connectivity index (χ1v) is 6.43. The number of hydrogen-bond acceptors (Lipinski definition) is 4. The molecule has 2 atom stereocenters. The summed E-state index contributed by atoms with van der Waals surface area (Å²) >= 11 is 0. The first-order chi connectivity index (χ1) is 9.63. The molecule has 1 aliphatic carbocycles. The summed E-state index contributed by atoms with van der Waals surface area (Å²) in [6.07, 6.45) is 4.32. The van der Waals surface area contributed by atoms with Crippen LogP contribution in [0.4, 0.5) is 5.69 Å². The summed E-state index contributed by atoms with van der Waals surface area (Å²) in [5.41, 5.74) is 0.534. The van der Waals surface area contributed by atoms with E-state index in [0.717, 1.165) is 0 Å². The van der Waals surface area contributed by atoms with Gasteiger partial charge in [0.2, 0.25) is 5.91 Å². The quantitative estimate of drug-likeness (QED) is 0.830. The minimum absolute atomic E-state index is 0.326. The largest absolute Gasteiger partial charge is 0.550 e. The maximum atomic E-state index is 12.3. The van der Waals surface area contributed by atoms with Crippen LogP contribution in [0.3, 0.4) is 0 Å². The van der Waals surface area contributed by atoms with Gasteiger partial charge in [-0.2, -0.15) is 0 Å². The smallest absolute Gasteiger partial charge is 0.228 e. The van der Waals surface area contributed by atoms with E-state index in [1.807, 2.05) is 6.08 Å². The molecule has 2 unspecified atom stereocenters. The third-order valence-electron chi connectivity index (χ3n) is 3.44. The molecule has 0 bridgehead atoms. The zero-order valence-electron chi connectivity index (χ0n) is 11.2. The van der Waals surface area contributed by atoms with E-state index in [4.69, 9.17) is 4.74 Å². The monoisotopic (exact) mass is 274 g/mol. The molecule has 1 aliphatic rings. The van der Waals surface area contributed by atoms with Crippen LogP contribution in [0, 0.1) is 11.8 Å². The van der Waals surface area contributed by atoms with Crippen molar-refractivity contribution in [2.75, 3.05) is 12.4 Å². The Bertz CT molecular complexity index is 538. The fourth-order valence-corrected chi connectivity index (χ4v) is 2.34. The average molecular weight is 274 g/mol. The molecule has 0 saturated carbocycles. The fraction of sp³-hybridized carbons (Fsp3) is 0.333. The molecule has 0 aliphatic heterocycles. The van der Waals surface area contributed by atoms with E-state index >= 15 is 0 Å². The number of anilines is 1. The number of ether oxygens (including phenoxy) is 1. The Morgan fingerprint density at radius 2 is 1.85 bits per heavy atom. The summed E-state index contributed by atoms with van der Waals surface area (Å²) in [6, 6.07) is 7.01. The second-order valence-electron chi connectivity index (χ2n) is 4.66. The molecule has 0 radical (unpaired) electrons. The number of aliphatic carboxylic acids is 1. The SMILES string of the molecule is COc1ccccc1NC(=O)C1CC=CCC1C(=O)[O-]. The van der Waals surface area contributed by atoms with E-state index < -0.39 is 17.8 Å². The van der Waals surface area contributed by atoms with Gasteiger partial charge in [0.1, 0.15) is 5.75 Å². The lowest BCUT2D eigenvalue weighted by Gasteiger charge is -2.28. The summed E-state index contributed by atoms with van der Waals surface area (Å²) in [5, 5.41) is 13.8. The molecule has 0 heterocycles. The van der Waals surface area contributed by atoms with E-state index in [1.165, 1.54) is 7.11 Å². The summed E-state index contributed by atoms with van der Waals surface area (Å²) in [7, 11) is 1.51. The summed E-state index contributed by atoms with van der Waals surface area (Å²) in [6.45, 7) is 0. The minimum Gasteiger partial charge on any atom is -0.550 e. The van der Waals surface area contributed by atoms with E-state index in [9.17, 15) is 14.7 Å². The second-order valence-corrected chi connectivity index (χ2v) is 4.66. The van der Waals surface area contributed by atoms with E-state index in [0.29, 0.717) is 24.3 Å². The standard InChI is InChI=1S/C15H17NO4/c1-20-13-9-5-4-8-12(13)16-14(17)10-6-2-3-7-11(10)15(18)19/h2-5,8-11H,6-7H2,1H3,(H,16,17)(H,18,19)/p-1. The maximum Gasteiger partial charge on any atom is 0.228 e. The Hall–Kier alpha value is -2.30. The molecule has 1 aromatic rings. The first kappa shape index (κ1) is 14.1. The molecule has 1 amide bonds. The molecule has 20 heavy (non-hydrogen) atoms. The van der Waals surface area contributed by atoms with Gasteiger partial charge in [-0.15, -0.1) is 0 Å². The van der Waals surface area contributed by atoms with Crippen molar-refractivity contribution in [1.82, 2.24) is 0 Å². The molecular weight excluding hydrogens is 258 g/mol. The zero-order chi connectivity index (χ0) is 14.5. The Balaban J connectivity index is 2.14. The number of carboxylic acid groups (broad SMARTS) is 1. The predicted octanol–water partition coefficient (Wildman–Crippen LogP) is 0.966. The normalized spacial score (nSPS) is 21.2. The van der Waals surface area contributed by atoms with Crippen molar-refractivity contribution < 1.29 is 19.4 Å². The van der Waals surface area contributed by atoms with Gasteiger partial charge in [-0.3, -0.25) is 4.79 Å². The number of benzene rings is 1. The van der Waals surface area contributed by atoms with Crippen LogP contribution >= 0.6 is 0 Å². The molecule has 1 aromatic carbocycles. The van der Waals surface area contributed by atoms with Gasteiger partial charge in [-0.25, -0.2) is 0 Å². The van der Waals surface area contributed by atoms with Crippen LogP contribution in [-0.4, -0.2) is 19.0 Å². The fourth-order valence-electron chi connectivity index (χ4n) is 2.34. The highest BCUT2D eigenvalue weighted by atomic mass is 16.5. The Kier molecular flexibility index (Phi) is 4.40. The van der Waals surface area contributed by atoms with Crippen molar-refractivity contribution in [3.05, 3.63) is 36.4 Å². The van der Waals surface area contributed by atoms with Crippen LogP contribution in [0.25, 0.3) is 0 Å². The van der Waals surface area contributed by atoms with Crippen molar-refractivity contribution >= 4 is 17.6 Å². The third-order valence-corrected chi connectivity index (χ3v) is 3.44. The van der Waals surface area contributed by atoms with E-state index in [2.05, 4.69) is 5.32 Å². The number of carbonyl (C=O) groups excluding carboxylic acids is 2. The number of rotatable bonds is 4. The van der Waals surface area contributed by atoms with Crippen LogP contribution < -0.4 is 15.2 Å². The molecule has 2 rings (SSSR count). The van der Waals surface area contributed by atoms with Crippen molar-refractivity contribution in [3.8, 4) is 5.75 Å². The Morgan fingerprint density at radius 1 is 1.20 bits per heavy atom. The van der Waals surface area contributed by atoms with Crippen LogP contribution in [0.5, 0.6) is 5.75 Å². The van der Waals surface area contributed by atoms with Crippen LogP contribution in [-0.2, 0) is 9.59 Å². The summed E-state index contributed by atoms with van der Waals surface area (Å²) in [4.78, 5) is 23.4. The number of carbonyl (C=O) groups is 2. The minimum atomic E-state index is -1.19. The average Bonchev–Trinajstić information content (AvgIpc) is 2.47. The summed E-state index contributed by atoms with van der Waals surface area (Å²) in [5.74, 6) is -2.37. The first-order valence-electron chi connectivity index (χ1n) is 6.43. The van der Waals surface area contributed by atoms with Gasteiger partial charge in [0, 0.05) is 11.9 Å². The number of hydrogen-bond donors (Lipinski definition) is 1. The molecule has 5 heteroatoms. The number of methoxy groups -OCH3 is 1. The highest BCUT2D eigenvalue weighted by Gasteiger charge is 2.30. The topological polar surface area (TPSA) is 78.5 Å². The Labute approximate surface area is 117 Å². The van der Waals surface area contributed by atoms with Gasteiger partial charge in [0.05, 0.1) is 18.7 Å². The number of amides is 1. The zero-order valence-corrected chi connectivity index (χ0v) is 11.2. The van der Waals surface area contributed by atoms with Gasteiger partial charge in [0.15, 0.2) is 0 Å². The third kappa shape index (κ3) is 2.99. The van der Waals surface area contributed by atoms with Crippen molar-refractivity contribution in [2.24, 2.45) is 11.8 Å². The van der Waals surface area contributed by atoms with Gasteiger partial charge in [0.25, 0.3) is 0 Å². The lowest BCUT2D eigenvalue weighted by Crippen LogP contribution is -2.41. The number of allylic oxidation sites excluding steroid dienone is 2. The highest BCUT2D eigenvalue weighted by Crippen LogP contribution is 2.29. The number of para-hydroxylation sites is 2. The van der Waals surface area contributed by atoms with E-state index in [-0.39, 0.29) is 5.91 Å². The van der Waals surface area contributed by atoms with Crippen molar-refractivity contribution in [2.45, 2.75) is 12.8 Å². The van der Waals surface area contributed by atoms with Gasteiger partial charge in [-0.05, 0) is 25.0 Å². The number of carboxylic acids is 1. The molecule has 0 spiro atoms. The molecule has 0 aromatic heterocycles. The highest BCUT2D eigenvalue weighted by molar-refractivity contribution is 5.96. The number of nitrogens with one attached hydrogen (secondary N) is 1. The van der Waals surface area contributed by atoms with Gasteiger partial charge < -0.3 is 20.0 Å². The molecular formula is C15H16NO4-. The molecule has 106 valence electrons. The summed E-state index contributed by atoms with van der Waals surface area (Å²) < 4.78 is 5.15.